The van der Waals surface area contributed by atoms with E-state index < -0.39 is 47.7 Å². The SMILES string of the molecule is [2H]C1=C2C([2H])([2H])C[C@@H]3[C@H](CC[C@]4(C)C(=O)CC[C@@H]34)[C@@]2(C)C([2H])([2H])C([2H])([2H])C1=O. The number of fused-ring (bicyclic) bond motifs is 5. The quantitative estimate of drug-likeness (QED) is 0.674. The Labute approximate surface area is 137 Å². The van der Waals surface area contributed by atoms with Crippen molar-refractivity contribution in [3.05, 3.63) is 11.6 Å². The summed E-state index contributed by atoms with van der Waals surface area (Å²) in [5, 5.41) is 0. The van der Waals surface area contributed by atoms with Crippen molar-refractivity contribution in [1.82, 2.24) is 0 Å². The fourth-order valence-corrected chi connectivity index (χ4v) is 5.31. The Morgan fingerprint density at radius 2 is 1.90 bits per heavy atom. The summed E-state index contributed by atoms with van der Waals surface area (Å²) in [6.07, 6.45) is -5.47. The first-order valence-corrected chi connectivity index (χ1v) is 7.94. The summed E-state index contributed by atoms with van der Waals surface area (Å²) < 4.78 is 59.3. The van der Waals surface area contributed by atoms with Gasteiger partial charge in [0.1, 0.15) is 5.78 Å². The van der Waals surface area contributed by atoms with Crippen LogP contribution in [0.3, 0.4) is 0 Å². The second-order valence-electron chi connectivity index (χ2n) is 7.46. The topological polar surface area (TPSA) is 34.1 Å². The van der Waals surface area contributed by atoms with E-state index in [2.05, 4.69) is 0 Å². The smallest absolute Gasteiger partial charge is 0.155 e. The zero-order valence-electron chi connectivity index (χ0n) is 19.6. The summed E-state index contributed by atoms with van der Waals surface area (Å²) in [4.78, 5) is 25.1. The average molecular weight is 293 g/mol. The summed E-state index contributed by atoms with van der Waals surface area (Å²) in [5.41, 5.74) is -2.32. The van der Waals surface area contributed by atoms with Crippen LogP contribution in [0.2, 0.25) is 0 Å². The highest BCUT2D eigenvalue weighted by atomic mass is 16.1. The minimum absolute atomic E-state index is 0.0465. The van der Waals surface area contributed by atoms with Gasteiger partial charge in [0.05, 0.1) is 1.37 Å². The second-order valence-corrected chi connectivity index (χ2v) is 7.46. The van der Waals surface area contributed by atoms with Crippen LogP contribution in [0.25, 0.3) is 0 Å². The van der Waals surface area contributed by atoms with Crippen LogP contribution in [-0.2, 0) is 9.59 Å². The second kappa shape index (κ2) is 4.30. The third kappa shape index (κ3) is 1.71. The predicted molar refractivity (Wildman–Crippen MR) is 81.7 cm³/mol. The molecule has 3 saturated carbocycles. The number of rotatable bonds is 0. The van der Waals surface area contributed by atoms with E-state index in [0.29, 0.717) is 25.7 Å². The van der Waals surface area contributed by atoms with Crippen molar-refractivity contribution in [2.75, 3.05) is 0 Å². The van der Waals surface area contributed by atoms with Crippen molar-refractivity contribution in [2.45, 2.75) is 65.1 Å². The van der Waals surface area contributed by atoms with Gasteiger partial charge in [-0.1, -0.05) is 19.4 Å². The van der Waals surface area contributed by atoms with Gasteiger partial charge in [-0.25, -0.2) is 0 Å². The largest absolute Gasteiger partial charge is 0.299 e. The molecule has 0 aliphatic heterocycles. The third-order valence-corrected chi connectivity index (χ3v) is 6.60. The number of hydrogen-bond donors (Lipinski definition) is 0. The molecule has 0 aromatic heterocycles. The van der Waals surface area contributed by atoms with Crippen LogP contribution in [0.5, 0.6) is 0 Å². The highest BCUT2D eigenvalue weighted by molar-refractivity contribution is 5.91. The summed E-state index contributed by atoms with van der Waals surface area (Å²) >= 11 is 0. The highest BCUT2D eigenvalue weighted by Gasteiger charge is 2.58. The van der Waals surface area contributed by atoms with Crippen molar-refractivity contribution in [3.8, 4) is 0 Å². The molecule has 0 aromatic rings. The van der Waals surface area contributed by atoms with Gasteiger partial charge in [-0.05, 0) is 67.6 Å². The Morgan fingerprint density at radius 1 is 1.14 bits per heavy atom. The summed E-state index contributed by atoms with van der Waals surface area (Å²) in [7, 11) is 0. The lowest BCUT2D eigenvalue weighted by Gasteiger charge is -2.56. The van der Waals surface area contributed by atoms with Gasteiger partial charge in [-0.2, -0.15) is 0 Å². The van der Waals surface area contributed by atoms with Crippen molar-refractivity contribution in [2.24, 2.45) is 28.6 Å². The Bertz CT molecular complexity index is 817. The van der Waals surface area contributed by atoms with Gasteiger partial charge in [0.25, 0.3) is 0 Å². The fraction of sp³-hybridized carbons (Fsp3) is 0.789. The predicted octanol–water partition coefficient (Wildman–Crippen LogP) is 4.09. The van der Waals surface area contributed by atoms with Crippen LogP contribution in [0.4, 0.5) is 0 Å². The molecule has 4 aliphatic carbocycles. The molecule has 2 nitrogen and oxygen atoms in total. The van der Waals surface area contributed by atoms with Crippen LogP contribution >= 0.6 is 0 Å². The maximum Gasteiger partial charge on any atom is 0.155 e. The molecule has 0 aromatic carbocycles. The van der Waals surface area contributed by atoms with Gasteiger partial charge in [-0.15, -0.1) is 0 Å². The molecule has 5 atom stereocenters. The molecule has 21 heavy (non-hydrogen) atoms. The minimum atomic E-state index is -2.90. The zero-order chi connectivity index (χ0) is 21.1. The molecule has 0 bridgehead atoms. The molecule has 0 unspecified atom stereocenters. The van der Waals surface area contributed by atoms with E-state index in [1.165, 1.54) is 6.92 Å². The standard InChI is InChI=1S/C19H26O2/c1-18-9-7-13(20)11-12(18)3-4-14-15-5-6-17(21)19(15,2)10-8-16(14)18/h11,14-16H,3-10H2,1-2H3/t14-,15-,16-,18-,19-/m0/s1/i3D2,7D2,9D2,11D. The molecule has 0 heterocycles. The average Bonchev–Trinajstić information content (AvgIpc) is 2.87. The van der Waals surface area contributed by atoms with Gasteiger partial charge in [0.2, 0.25) is 0 Å². The molecule has 3 fully saturated rings. The van der Waals surface area contributed by atoms with Gasteiger partial charge in [0, 0.05) is 26.4 Å². The lowest BCUT2D eigenvalue weighted by atomic mass is 9.47. The first kappa shape index (κ1) is 8.08. The van der Waals surface area contributed by atoms with E-state index in [-0.39, 0.29) is 29.6 Å². The fourth-order valence-electron chi connectivity index (χ4n) is 5.31. The van der Waals surface area contributed by atoms with Crippen molar-refractivity contribution < 1.29 is 19.2 Å². The van der Waals surface area contributed by atoms with Crippen molar-refractivity contribution >= 4 is 11.6 Å². The number of carbonyl (C=O) groups is 2. The monoisotopic (exact) mass is 293 g/mol. The van der Waals surface area contributed by atoms with Crippen molar-refractivity contribution in [3.63, 3.8) is 0 Å². The number of allylic oxidation sites excluding steroid dienone is 1. The van der Waals surface area contributed by atoms with Crippen LogP contribution in [0.1, 0.15) is 74.7 Å². The molecule has 0 amide bonds. The van der Waals surface area contributed by atoms with Gasteiger partial charge in [0.15, 0.2) is 5.78 Å². The van der Waals surface area contributed by atoms with Gasteiger partial charge in [-0.3, -0.25) is 9.59 Å². The van der Waals surface area contributed by atoms with E-state index in [4.69, 9.17) is 9.60 Å². The molecule has 0 radical (unpaired) electrons. The number of Topliss-reactive ketones (excluding diaryl/α,β-unsaturated/α-hetero) is 1. The van der Waals surface area contributed by atoms with Crippen molar-refractivity contribution in [1.29, 1.82) is 0 Å². The van der Waals surface area contributed by atoms with E-state index in [1.807, 2.05) is 6.92 Å². The van der Waals surface area contributed by atoms with Crippen LogP contribution < -0.4 is 0 Å². The maximum atomic E-state index is 12.5. The molecule has 2 heteroatoms. The number of carbonyl (C=O) groups excluding carboxylic acids is 2. The molecule has 114 valence electrons. The maximum absolute atomic E-state index is 12.5. The molecule has 4 rings (SSSR count). The normalized spacial score (nSPS) is 61.8. The Kier molecular flexibility index (Phi) is 1.65. The lowest BCUT2D eigenvalue weighted by Crippen LogP contribution is -2.50. The Hall–Kier alpha value is -0.920. The lowest BCUT2D eigenvalue weighted by molar-refractivity contribution is -0.132. The number of hydrogen-bond acceptors (Lipinski definition) is 2. The van der Waals surface area contributed by atoms with Crippen LogP contribution in [0, 0.1) is 28.6 Å². The van der Waals surface area contributed by atoms with E-state index in [1.54, 1.807) is 0 Å². The van der Waals surface area contributed by atoms with Gasteiger partial charge < -0.3 is 0 Å². The Morgan fingerprint density at radius 3 is 2.71 bits per heavy atom. The summed E-state index contributed by atoms with van der Waals surface area (Å²) in [6.45, 7) is 3.44. The van der Waals surface area contributed by atoms with Crippen LogP contribution in [0.15, 0.2) is 11.6 Å². The summed E-state index contributed by atoms with van der Waals surface area (Å²) in [5.74, 6) is -1.85. The zero-order valence-corrected chi connectivity index (χ0v) is 12.6. The molecular formula is C19H26O2. The van der Waals surface area contributed by atoms with Gasteiger partial charge >= 0.3 is 0 Å². The molecule has 0 N–H and O–H groups in total. The first-order valence-electron chi connectivity index (χ1n) is 11.4. The van der Waals surface area contributed by atoms with E-state index >= 15 is 0 Å². The first-order chi connectivity index (χ1) is 12.6. The third-order valence-electron chi connectivity index (χ3n) is 6.60. The van der Waals surface area contributed by atoms with E-state index in [9.17, 15) is 9.59 Å². The Balaban J connectivity index is 1.96. The summed E-state index contributed by atoms with van der Waals surface area (Å²) in [6, 6.07) is -0.707. The number of ketones is 2. The highest BCUT2D eigenvalue weighted by Crippen LogP contribution is 2.64. The van der Waals surface area contributed by atoms with E-state index in [0.717, 1.165) is 0 Å². The molecular weight excluding hydrogens is 260 g/mol. The molecule has 4 aliphatic rings. The molecule has 0 spiro atoms. The molecule has 0 saturated heterocycles. The minimum Gasteiger partial charge on any atom is -0.299 e. The van der Waals surface area contributed by atoms with Crippen LogP contribution in [-0.4, -0.2) is 11.6 Å².